The first-order valence-corrected chi connectivity index (χ1v) is 8.42. The van der Waals surface area contributed by atoms with Gasteiger partial charge in [-0.25, -0.2) is 0 Å². The molecule has 1 aromatic heterocycles. The average Bonchev–Trinajstić information content (AvgIpc) is 2.64. The lowest BCUT2D eigenvalue weighted by atomic mass is 10.0. The number of carbonyl (C=O) groups is 1. The molecule has 2 N–H and O–H groups in total. The maximum absolute atomic E-state index is 12.8. The van der Waals surface area contributed by atoms with E-state index in [9.17, 15) is 4.79 Å². The summed E-state index contributed by atoms with van der Waals surface area (Å²) in [6, 6.07) is 19.2. The van der Waals surface area contributed by atoms with Crippen LogP contribution >= 0.6 is 0 Å². The van der Waals surface area contributed by atoms with E-state index < -0.39 is 0 Å². The van der Waals surface area contributed by atoms with Crippen LogP contribution in [0.25, 0.3) is 21.7 Å². The van der Waals surface area contributed by atoms with Crippen molar-refractivity contribution < 1.29 is 9.21 Å². The molecular weight excluding hydrogens is 324 g/mol. The molecule has 0 aliphatic carbocycles. The number of anilines is 1. The molecule has 0 saturated heterocycles. The Hall–Kier alpha value is -3.40. The number of rotatable bonds is 2. The SMILES string of the molecule is Cc1cccc(NC(=O)c2cc3c(ccc4ccccc43)oc2=N)c1C. The molecule has 0 aliphatic heterocycles. The fraction of sp³-hybridized carbons (Fsp3) is 0.0909. The van der Waals surface area contributed by atoms with Crippen LogP contribution in [-0.4, -0.2) is 5.91 Å². The van der Waals surface area contributed by atoms with Crippen LogP contribution in [-0.2, 0) is 0 Å². The second-order valence-corrected chi connectivity index (χ2v) is 6.39. The monoisotopic (exact) mass is 342 g/mol. The van der Waals surface area contributed by atoms with E-state index in [1.54, 1.807) is 6.07 Å². The molecule has 4 rings (SSSR count). The standard InChI is InChI=1S/C22H18N2O2/c1-13-6-5-9-19(14(13)2)24-22(25)18-12-17-16-8-4-3-7-15(16)10-11-20(17)26-21(18)23/h3-12,23H,1-2H3,(H,24,25). The highest BCUT2D eigenvalue weighted by Crippen LogP contribution is 2.25. The van der Waals surface area contributed by atoms with Crippen molar-refractivity contribution >= 4 is 33.3 Å². The van der Waals surface area contributed by atoms with E-state index in [2.05, 4.69) is 5.32 Å². The highest BCUT2D eigenvalue weighted by atomic mass is 16.3. The van der Waals surface area contributed by atoms with E-state index in [0.717, 1.165) is 33.0 Å². The summed E-state index contributed by atoms with van der Waals surface area (Å²) in [7, 11) is 0. The summed E-state index contributed by atoms with van der Waals surface area (Å²) in [5.74, 6) is -0.345. The summed E-state index contributed by atoms with van der Waals surface area (Å²) in [5, 5.41) is 13.9. The van der Waals surface area contributed by atoms with E-state index in [1.807, 2.05) is 68.4 Å². The highest BCUT2D eigenvalue weighted by molar-refractivity contribution is 6.10. The number of benzene rings is 3. The third-order valence-corrected chi connectivity index (χ3v) is 4.77. The summed E-state index contributed by atoms with van der Waals surface area (Å²) < 4.78 is 5.62. The van der Waals surface area contributed by atoms with E-state index >= 15 is 0 Å². The summed E-state index contributed by atoms with van der Waals surface area (Å²) in [5.41, 5.74) is 3.52. The molecule has 0 atom stereocenters. The Morgan fingerprint density at radius 2 is 1.77 bits per heavy atom. The van der Waals surface area contributed by atoms with Gasteiger partial charge in [0.25, 0.3) is 5.91 Å². The molecule has 0 aliphatic rings. The van der Waals surface area contributed by atoms with Gasteiger partial charge in [-0.05, 0) is 53.9 Å². The Balaban J connectivity index is 1.84. The lowest BCUT2D eigenvalue weighted by Crippen LogP contribution is -2.21. The zero-order chi connectivity index (χ0) is 18.3. The predicted molar refractivity (Wildman–Crippen MR) is 103 cm³/mol. The topological polar surface area (TPSA) is 66.1 Å². The van der Waals surface area contributed by atoms with Crippen molar-refractivity contribution in [2.45, 2.75) is 13.8 Å². The number of aryl methyl sites for hydroxylation is 1. The molecule has 26 heavy (non-hydrogen) atoms. The molecule has 4 aromatic rings. The van der Waals surface area contributed by atoms with Crippen molar-refractivity contribution in [3.8, 4) is 0 Å². The molecule has 1 amide bonds. The van der Waals surface area contributed by atoms with Gasteiger partial charge in [0, 0.05) is 11.1 Å². The Kier molecular flexibility index (Phi) is 3.81. The van der Waals surface area contributed by atoms with Gasteiger partial charge < -0.3 is 9.73 Å². The van der Waals surface area contributed by atoms with Crippen LogP contribution in [0.15, 0.2) is 65.1 Å². The number of amides is 1. The van der Waals surface area contributed by atoms with Gasteiger partial charge in [-0.2, -0.15) is 0 Å². The summed E-state index contributed by atoms with van der Waals surface area (Å²) in [6.45, 7) is 3.96. The summed E-state index contributed by atoms with van der Waals surface area (Å²) in [6.07, 6.45) is 0. The number of nitrogens with one attached hydrogen (secondary N) is 2. The number of carbonyl (C=O) groups excluding carboxylic acids is 1. The lowest BCUT2D eigenvalue weighted by molar-refractivity contribution is 0.102. The summed E-state index contributed by atoms with van der Waals surface area (Å²) in [4.78, 5) is 12.8. The van der Waals surface area contributed by atoms with E-state index in [-0.39, 0.29) is 17.0 Å². The molecule has 128 valence electrons. The average molecular weight is 342 g/mol. The van der Waals surface area contributed by atoms with Crippen molar-refractivity contribution in [1.29, 1.82) is 5.41 Å². The smallest absolute Gasteiger partial charge is 0.261 e. The molecule has 1 heterocycles. The maximum atomic E-state index is 12.8. The van der Waals surface area contributed by atoms with E-state index in [1.165, 1.54) is 0 Å². The quantitative estimate of drug-likeness (QED) is 0.507. The van der Waals surface area contributed by atoms with Crippen molar-refractivity contribution in [2.24, 2.45) is 0 Å². The van der Waals surface area contributed by atoms with E-state index in [0.29, 0.717) is 5.58 Å². The Morgan fingerprint density at radius 3 is 2.62 bits per heavy atom. The van der Waals surface area contributed by atoms with Crippen molar-refractivity contribution in [2.75, 3.05) is 5.32 Å². The number of hydrogen-bond donors (Lipinski definition) is 2. The summed E-state index contributed by atoms with van der Waals surface area (Å²) >= 11 is 0. The zero-order valence-corrected chi connectivity index (χ0v) is 14.6. The number of hydrogen-bond acceptors (Lipinski definition) is 3. The van der Waals surface area contributed by atoms with Crippen LogP contribution in [0.2, 0.25) is 0 Å². The first-order chi connectivity index (χ1) is 12.5. The lowest BCUT2D eigenvalue weighted by Gasteiger charge is -2.11. The Labute approximate surface area is 150 Å². The molecule has 0 spiro atoms. The van der Waals surface area contributed by atoms with Crippen molar-refractivity contribution in [3.05, 3.63) is 82.9 Å². The molecule has 0 unspecified atom stereocenters. The second kappa shape index (κ2) is 6.15. The maximum Gasteiger partial charge on any atom is 0.261 e. The van der Waals surface area contributed by atoms with Crippen LogP contribution in [0.1, 0.15) is 21.5 Å². The first-order valence-electron chi connectivity index (χ1n) is 8.42. The Morgan fingerprint density at radius 1 is 0.962 bits per heavy atom. The largest absolute Gasteiger partial charge is 0.438 e. The second-order valence-electron chi connectivity index (χ2n) is 6.39. The first kappa shape index (κ1) is 16.1. The molecule has 0 bridgehead atoms. The molecule has 4 nitrogen and oxygen atoms in total. The van der Waals surface area contributed by atoms with Gasteiger partial charge in [-0.3, -0.25) is 10.2 Å². The van der Waals surface area contributed by atoms with Gasteiger partial charge in [0.05, 0.1) is 0 Å². The van der Waals surface area contributed by atoms with Crippen LogP contribution < -0.4 is 10.9 Å². The minimum atomic E-state index is -0.345. The van der Waals surface area contributed by atoms with Gasteiger partial charge in [0.1, 0.15) is 11.1 Å². The van der Waals surface area contributed by atoms with Gasteiger partial charge >= 0.3 is 0 Å². The normalized spacial score (nSPS) is 11.0. The number of fused-ring (bicyclic) bond motifs is 3. The van der Waals surface area contributed by atoms with Crippen LogP contribution in [0.4, 0.5) is 5.69 Å². The van der Waals surface area contributed by atoms with Crippen molar-refractivity contribution in [3.63, 3.8) is 0 Å². The van der Waals surface area contributed by atoms with Crippen LogP contribution in [0, 0.1) is 19.3 Å². The van der Waals surface area contributed by atoms with Crippen LogP contribution in [0.3, 0.4) is 0 Å². The predicted octanol–water partition coefficient (Wildman–Crippen LogP) is 4.93. The third-order valence-electron chi connectivity index (χ3n) is 4.77. The minimum absolute atomic E-state index is 0.143. The van der Waals surface area contributed by atoms with Gasteiger partial charge in [-0.15, -0.1) is 0 Å². The molecule has 0 saturated carbocycles. The third kappa shape index (κ3) is 2.65. The minimum Gasteiger partial charge on any atom is -0.438 e. The zero-order valence-electron chi connectivity index (χ0n) is 14.6. The molecule has 3 aromatic carbocycles. The Bertz CT molecular complexity index is 1220. The molecule has 4 heteroatoms. The fourth-order valence-corrected chi connectivity index (χ4v) is 3.13. The van der Waals surface area contributed by atoms with Gasteiger partial charge in [0.2, 0.25) is 5.55 Å². The van der Waals surface area contributed by atoms with Gasteiger partial charge in [-0.1, -0.05) is 42.5 Å². The highest BCUT2D eigenvalue weighted by Gasteiger charge is 2.14. The molecular formula is C22H18N2O2. The molecule has 0 fully saturated rings. The fourth-order valence-electron chi connectivity index (χ4n) is 3.13. The van der Waals surface area contributed by atoms with Crippen LogP contribution in [0.5, 0.6) is 0 Å². The van der Waals surface area contributed by atoms with E-state index in [4.69, 9.17) is 9.83 Å². The molecule has 0 radical (unpaired) electrons. The van der Waals surface area contributed by atoms with Crippen molar-refractivity contribution in [1.82, 2.24) is 0 Å². The van der Waals surface area contributed by atoms with Gasteiger partial charge in [0.15, 0.2) is 0 Å².